The molecule has 3 aromatic carbocycles. The molecule has 5 rings (SSSR count). The lowest BCUT2D eigenvalue weighted by molar-refractivity contribution is 0.191. The van der Waals surface area contributed by atoms with Gasteiger partial charge in [-0.1, -0.05) is 57.7 Å². The third-order valence-corrected chi connectivity index (χ3v) is 10.6. The summed E-state index contributed by atoms with van der Waals surface area (Å²) < 4.78 is 106. The van der Waals surface area contributed by atoms with Gasteiger partial charge in [-0.3, -0.25) is 0 Å². The van der Waals surface area contributed by atoms with Crippen molar-refractivity contribution in [3.05, 3.63) is 88.0 Å². The normalized spacial score (nSPS) is 20.9. The van der Waals surface area contributed by atoms with Crippen LogP contribution >= 0.6 is 0 Å². The molecule has 274 valence electrons. The lowest BCUT2D eigenvalue weighted by Crippen LogP contribution is -2.20. The minimum absolute atomic E-state index is 0.0561. The molecule has 0 unspecified atom stereocenters. The van der Waals surface area contributed by atoms with Crippen molar-refractivity contribution in [2.45, 2.75) is 121 Å². The van der Waals surface area contributed by atoms with E-state index in [1.807, 2.05) is 6.92 Å². The van der Waals surface area contributed by atoms with Crippen LogP contribution in [0.15, 0.2) is 36.4 Å². The Kier molecular flexibility index (Phi) is 13.8. The van der Waals surface area contributed by atoms with Crippen LogP contribution in [0.25, 0.3) is 0 Å². The Morgan fingerprint density at radius 1 is 0.440 bits per heavy atom. The molecular weight excluding hydrogens is 654 g/mol. The first-order valence-electron chi connectivity index (χ1n) is 18.5. The second-order valence-corrected chi connectivity index (χ2v) is 14.0. The van der Waals surface area contributed by atoms with E-state index in [0.717, 1.165) is 38.5 Å². The smallest absolute Gasteiger partial charge is 0.200 e. The maximum Gasteiger partial charge on any atom is 0.200 e. The minimum atomic E-state index is -1.03. The van der Waals surface area contributed by atoms with Gasteiger partial charge in [-0.2, -0.15) is 13.2 Å². The van der Waals surface area contributed by atoms with Crippen molar-refractivity contribution in [1.82, 2.24) is 0 Å². The summed E-state index contributed by atoms with van der Waals surface area (Å²) in [5, 5.41) is 0. The molecule has 3 aromatic rings. The summed E-state index contributed by atoms with van der Waals surface area (Å²) in [5.74, 6) is -6.48. The number of ether oxygens (including phenoxy) is 3. The van der Waals surface area contributed by atoms with Gasteiger partial charge < -0.3 is 14.2 Å². The Morgan fingerprint density at radius 2 is 0.820 bits per heavy atom. The third-order valence-electron chi connectivity index (χ3n) is 10.6. The highest BCUT2D eigenvalue weighted by Crippen LogP contribution is 2.44. The highest BCUT2D eigenvalue weighted by Gasteiger charge is 2.31. The van der Waals surface area contributed by atoms with Crippen molar-refractivity contribution in [2.24, 2.45) is 5.92 Å². The zero-order valence-electron chi connectivity index (χ0n) is 29.3. The van der Waals surface area contributed by atoms with Gasteiger partial charge >= 0.3 is 0 Å². The van der Waals surface area contributed by atoms with E-state index in [2.05, 4.69) is 6.92 Å². The van der Waals surface area contributed by atoms with Crippen LogP contribution in [0.2, 0.25) is 0 Å². The average Bonchev–Trinajstić information content (AvgIpc) is 3.13. The highest BCUT2D eigenvalue weighted by atomic mass is 19.2. The van der Waals surface area contributed by atoms with Gasteiger partial charge in [-0.25, -0.2) is 13.2 Å². The number of hydrogen-bond acceptors (Lipinski definition) is 3. The summed E-state index contributed by atoms with van der Waals surface area (Å²) in [6.07, 6.45) is 10.3. The molecule has 2 saturated carbocycles. The lowest BCUT2D eigenvalue weighted by Gasteiger charge is -2.30. The van der Waals surface area contributed by atoms with E-state index >= 15 is 8.78 Å². The largest absolute Gasteiger partial charge is 0.490 e. The van der Waals surface area contributed by atoms with E-state index in [9.17, 15) is 17.6 Å². The molecule has 2 aliphatic carbocycles. The molecule has 0 aromatic heterocycles. The molecule has 2 fully saturated rings. The standard InChI is InChI=1S/C41H50F6O3/c1-3-5-7-8-24-49-34-21-17-30(36(42)40(34)46)27-11-9-26(10-12-27)25-50-35-22-19-32(38(44)41(35)47)29-15-13-28(14-16-29)31-18-20-33(39(45)37(31)43)48-23-6-4-2/h17-22,26-29H,3-16,23-25H2,1-2H3. The Bertz CT molecular complexity index is 1550. The average molecular weight is 705 g/mol. The summed E-state index contributed by atoms with van der Waals surface area (Å²) in [6, 6.07) is 9.21. The van der Waals surface area contributed by atoms with Gasteiger partial charge in [0.2, 0.25) is 17.5 Å². The Balaban J connectivity index is 1.10. The molecular formula is C41H50F6O3. The van der Waals surface area contributed by atoms with Crippen LogP contribution in [0.4, 0.5) is 26.3 Å². The quantitative estimate of drug-likeness (QED) is 0.110. The number of benzene rings is 3. The van der Waals surface area contributed by atoms with Crippen LogP contribution in [-0.4, -0.2) is 19.8 Å². The lowest BCUT2D eigenvalue weighted by atomic mass is 9.76. The highest BCUT2D eigenvalue weighted by molar-refractivity contribution is 5.36. The van der Waals surface area contributed by atoms with Crippen LogP contribution in [0.1, 0.15) is 138 Å². The predicted molar refractivity (Wildman–Crippen MR) is 183 cm³/mol. The van der Waals surface area contributed by atoms with Gasteiger partial charge in [-0.05, 0) is 123 Å². The van der Waals surface area contributed by atoms with Crippen molar-refractivity contribution in [3.8, 4) is 17.2 Å². The Morgan fingerprint density at radius 3 is 1.24 bits per heavy atom. The Labute approximate surface area is 292 Å². The molecule has 0 bridgehead atoms. The first-order valence-corrected chi connectivity index (χ1v) is 18.5. The van der Waals surface area contributed by atoms with Crippen LogP contribution < -0.4 is 14.2 Å². The van der Waals surface area contributed by atoms with E-state index in [4.69, 9.17) is 14.2 Å². The van der Waals surface area contributed by atoms with E-state index < -0.39 is 34.9 Å². The summed E-state index contributed by atoms with van der Waals surface area (Å²) >= 11 is 0. The van der Waals surface area contributed by atoms with Crippen LogP contribution in [0.3, 0.4) is 0 Å². The summed E-state index contributed by atoms with van der Waals surface area (Å²) in [5.41, 5.74) is 0.907. The first-order chi connectivity index (χ1) is 24.2. The van der Waals surface area contributed by atoms with Gasteiger partial charge in [-0.15, -0.1) is 0 Å². The maximum atomic E-state index is 15.3. The fraction of sp³-hybridized carbons (Fsp3) is 0.561. The zero-order chi connectivity index (χ0) is 35.6. The number of hydrogen-bond donors (Lipinski definition) is 0. The minimum Gasteiger partial charge on any atom is -0.490 e. The number of rotatable bonds is 16. The number of halogens is 6. The topological polar surface area (TPSA) is 27.7 Å². The monoisotopic (exact) mass is 704 g/mol. The van der Waals surface area contributed by atoms with Crippen LogP contribution in [-0.2, 0) is 0 Å². The zero-order valence-corrected chi connectivity index (χ0v) is 29.3. The SMILES string of the molecule is CCCCCCOc1ccc(C2CCC(COc3ccc(C4CCC(c5ccc(OCCCC)c(F)c5F)CC4)c(F)c3F)CC2)c(F)c1F. The third kappa shape index (κ3) is 9.10. The van der Waals surface area contributed by atoms with Crippen molar-refractivity contribution >= 4 is 0 Å². The number of unbranched alkanes of at least 4 members (excludes halogenated alkanes) is 4. The molecule has 0 spiro atoms. The van der Waals surface area contributed by atoms with Gasteiger partial charge in [0.05, 0.1) is 19.8 Å². The molecule has 9 heteroatoms. The fourth-order valence-electron chi connectivity index (χ4n) is 7.52. The van der Waals surface area contributed by atoms with E-state index in [1.165, 1.54) is 18.2 Å². The van der Waals surface area contributed by atoms with Crippen LogP contribution in [0, 0.1) is 40.8 Å². The van der Waals surface area contributed by atoms with Gasteiger partial charge in [0, 0.05) is 0 Å². The molecule has 50 heavy (non-hydrogen) atoms. The van der Waals surface area contributed by atoms with Crippen molar-refractivity contribution in [3.63, 3.8) is 0 Å². The molecule has 0 amide bonds. The van der Waals surface area contributed by atoms with E-state index in [1.54, 1.807) is 18.2 Å². The maximum absolute atomic E-state index is 15.3. The van der Waals surface area contributed by atoms with Gasteiger partial charge in [0.15, 0.2) is 34.7 Å². The molecule has 0 N–H and O–H groups in total. The van der Waals surface area contributed by atoms with Gasteiger partial charge in [0.25, 0.3) is 0 Å². The van der Waals surface area contributed by atoms with E-state index in [0.29, 0.717) is 75.7 Å². The molecule has 0 radical (unpaired) electrons. The molecule has 2 aliphatic rings. The molecule has 0 heterocycles. The fourth-order valence-corrected chi connectivity index (χ4v) is 7.52. The van der Waals surface area contributed by atoms with Crippen molar-refractivity contribution < 1.29 is 40.6 Å². The summed E-state index contributed by atoms with van der Waals surface area (Å²) in [7, 11) is 0. The first kappa shape index (κ1) is 37.9. The second kappa shape index (κ2) is 18.2. The predicted octanol–water partition coefficient (Wildman–Crippen LogP) is 12.5. The molecule has 0 saturated heterocycles. The summed E-state index contributed by atoms with van der Waals surface area (Å²) in [4.78, 5) is 0. The van der Waals surface area contributed by atoms with Gasteiger partial charge in [0.1, 0.15) is 0 Å². The van der Waals surface area contributed by atoms with Crippen molar-refractivity contribution in [1.29, 1.82) is 0 Å². The van der Waals surface area contributed by atoms with Crippen LogP contribution in [0.5, 0.6) is 17.2 Å². The van der Waals surface area contributed by atoms with E-state index in [-0.39, 0.29) is 53.1 Å². The Hall–Kier alpha value is -3.36. The molecule has 3 nitrogen and oxygen atoms in total. The second-order valence-electron chi connectivity index (χ2n) is 14.0. The summed E-state index contributed by atoms with van der Waals surface area (Å²) in [6.45, 7) is 4.96. The molecule has 0 aliphatic heterocycles. The molecule has 0 atom stereocenters. The van der Waals surface area contributed by atoms with Crippen molar-refractivity contribution in [2.75, 3.05) is 19.8 Å².